The molecule has 0 aliphatic rings. The van der Waals surface area contributed by atoms with Crippen LogP contribution in [0.25, 0.3) is 22.7 Å². The Morgan fingerprint density at radius 2 is 2.03 bits per heavy atom. The van der Waals surface area contributed by atoms with E-state index in [4.69, 9.17) is 9.15 Å². The number of methoxy groups -OCH3 is 1. The molecule has 0 atom stereocenters. The fourth-order valence-corrected chi connectivity index (χ4v) is 3.67. The van der Waals surface area contributed by atoms with Gasteiger partial charge in [0.05, 0.1) is 7.11 Å². The number of furan rings is 1. The minimum absolute atomic E-state index is 0.212. The zero-order valence-electron chi connectivity index (χ0n) is 18.6. The molecular weight excluding hydrogens is 406 g/mol. The van der Waals surface area contributed by atoms with Gasteiger partial charge in [0.25, 0.3) is 5.91 Å². The lowest BCUT2D eigenvalue weighted by atomic mass is 10.1. The van der Waals surface area contributed by atoms with Gasteiger partial charge >= 0.3 is 0 Å². The van der Waals surface area contributed by atoms with Crippen molar-refractivity contribution in [2.24, 2.45) is 0 Å². The Labute approximate surface area is 186 Å². The molecule has 8 heteroatoms. The molecule has 8 nitrogen and oxygen atoms in total. The summed E-state index contributed by atoms with van der Waals surface area (Å²) in [6, 6.07) is 15.3. The maximum Gasteiger partial charge on any atom is 0.272 e. The molecule has 32 heavy (non-hydrogen) atoms. The number of ether oxygens (including phenoxy) is 1. The third-order valence-electron chi connectivity index (χ3n) is 5.31. The minimum Gasteiger partial charge on any atom is -0.497 e. The standard InChI is InChI=1S/C24H25N5O3/c1-5-22-20(19-11-6-7-12-23(19)32-22)15-28(3)24(30)21(29-16(2)25-26-27-29)14-17-9-8-10-18(13-17)31-4/h6-14H,5,15H2,1-4H3/b21-14-. The maximum atomic E-state index is 13.6. The van der Waals surface area contributed by atoms with Crippen molar-refractivity contribution in [1.82, 2.24) is 25.1 Å². The van der Waals surface area contributed by atoms with E-state index in [1.807, 2.05) is 55.5 Å². The lowest BCUT2D eigenvalue weighted by molar-refractivity contribution is -0.124. The van der Waals surface area contributed by atoms with Gasteiger partial charge in [-0.3, -0.25) is 4.79 Å². The zero-order chi connectivity index (χ0) is 22.7. The predicted molar refractivity (Wildman–Crippen MR) is 122 cm³/mol. The average Bonchev–Trinajstić information content (AvgIpc) is 3.40. The second kappa shape index (κ2) is 9.05. The Morgan fingerprint density at radius 3 is 2.75 bits per heavy atom. The van der Waals surface area contributed by atoms with Gasteiger partial charge in [0.1, 0.15) is 22.8 Å². The molecule has 0 unspecified atom stereocenters. The summed E-state index contributed by atoms with van der Waals surface area (Å²) in [6.07, 6.45) is 2.50. The van der Waals surface area contributed by atoms with E-state index in [0.717, 1.165) is 34.3 Å². The number of carbonyl (C=O) groups is 1. The Kier molecular flexibility index (Phi) is 6.02. The number of hydrogen-bond donors (Lipinski definition) is 0. The molecule has 0 aliphatic carbocycles. The number of amides is 1. The molecule has 0 aliphatic heterocycles. The molecule has 0 saturated carbocycles. The minimum atomic E-state index is -0.212. The predicted octanol–water partition coefficient (Wildman–Crippen LogP) is 3.96. The van der Waals surface area contributed by atoms with Crippen molar-refractivity contribution in [2.75, 3.05) is 14.2 Å². The summed E-state index contributed by atoms with van der Waals surface area (Å²) in [5.74, 6) is 1.88. The van der Waals surface area contributed by atoms with Crippen LogP contribution in [0, 0.1) is 6.92 Å². The topological polar surface area (TPSA) is 86.3 Å². The van der Waals surface area contributed by atoms with Gasteiger partial charge in [0.15, 0.2) is 5.82 Å². The highest BCUT2D eigenvalue weighted by Crippen LogP contribution is 2.28. The summed E-state index contributed by atoms with van der Waals surface area (Å²) < 4.78 is 12.8. The molecule has 0 N–H and O–H groups in total. The molecule has 4 aromatic rings. The smallest absolute Gasteiger partial charge is 0.272 e. The number of nitrogens with zero attached hydrogens (tertiary/aromatic N) is 5. The number of aromatic nitrogens is 4. The van der Waals surface area contributed by atoms with E-state index in [9.17, 15) is 4.79 Å². The average molecular weight is 431 g/mol. The summed E-state index contributed by atoms with van der Waals surface area (Å²) >= 11 is 0. The molecule has 0 saturated heterocycles. The number of tetrazole rings is 1. The van der Waals surface area contributed by atoms with Crippen molar-refractivity contribution in [2.45, 2.75) is 26.8 Å². The lowest BCUT2D eigenvalue weighted by Crippen LogP contribution is -2.30. The van der Waals surface area contributed by atoms with E-state index in [1.165, 1.54) is 4.68 Å². The van der Waals surface area contributed by atoms with Gasteiger partial charge in [-0.25, -0.2) is 0 Å². The fourth-order valence-electron chi connectivity index (χ4n) is 3.67. The van der Waals surface area contributed by atoms with E-state index < -0.39 is 0 Å². The fraction of sp³-hybridized carbons (Fsp3) is 0.250. The Morgan fingerprint density at radius 1 is 1.22 bits per heavy atom. The summed E-state index contributed by atoms with van der Waals surface area (Å²) in [5, 5.41) is 12.7. The summed E-state index contributed by atoms with van der Waals surface area (Å²) in [6.45, 7) is 4.20. The van der Waals surface area contributed by atoms with Crippen molar-refractivity contribution in [3.8, 4) is 5.75 Å². The monoisotopic (exact) mass is 431 g/mol. The first-order valence-electron chi connectivity index (χ1n) is 10.4. The van der Waals surface area contributed by atoms with E-state index in [-0.39, 0.29) is 5.91 Å². The van der Waals surface area contributed by atoms with Gasteiger partial charge in [0, 0.05) is 31.0 Å². The van der Waals surface area contributed by atoms with Crippen LogP contribution in [-0.4, -0.2) is 45.2 Å². The Balaban J connectivity index is 1.72. The van der Waals surface area contributed by atoms with Gasteiger partial charge in [-0.05, 0) is 47.2 Å². The van der Waals surface area contributed by atoms with Crippen molar-refractivity contribution in [1.29, 1.82) is 0 Å². The highest BCUT2D eigenvalue weighted by Gasteiger charge is 2.23. The molecule has 2 heterocycles. The number of aryl methyl sites for hydroxylation is 2. The zero-order valence-corrected chi connectivity index (χ0v) is 18.6. The number of para-hydroxylation sites is 1. The number of rotatable bonds is 7. The molecule has 0 fully saturated rings. The van der Waals surface area contributed by atoms with Crippen molar-refractivity contribution in [3.63, 3.8) is 0 Å². The number of benzene rings is 2. The maximum absolute atomic E-state index is 13.6. The molecule has 1 amide bonds. The van der Waals surface area contributed by atoms with Crippen LogP contribution in [0.15, 0.2) is 52.9 Å². The van der Waals surface area contributed by atoms with E-state index >= 15 is 0 Å². The Hall–Kier alpha value is -3.94. The molecule has 0 spiro atoms. The van der Waals surface area contributed by atoms with Crippen LogP contribution in [0.5, 0.6) is 5.75 Å². The molecule has 2 aromatic carbocycles. The number of carbonyl (C=O) groups excluding carboxylic acids is 1. The highest BCUT2D eigenvalue weighted by molar-refractivity contribution is 6.18. The van der Waals surface area contributed by atoms with Crippen LogP contribution in [0.1, 0.15) is 29.6 Å². The van der Waals surface area contributed by atoms with E-state index in [1.54, 1.807) is 32.1 Å². The van der Waals surface area contributed by atoms with Gasteiger partial charge in [-0.15, -0.1) is 5.10 Å². The lowest BCUT2D eigenvalue weighted by Gasteiger charge is -2.19. The normalized spacial score (nSPS) is 11.7. The van der Waals surface area contributed by atoms with Gasteiger partial charge in [-0.2, -0.15) is 4.68 Å². The largest absolute Gasteiger partial charge is 0.497 e. The number of fused-ring (bicyclic) bond motifs is 1. The molecule has 4 rings (SSSR count). The molecule has 164 valence electrons. The highest BCUT2D eigenvalue weighted by atomic mass is 16.5. The second-order valence-electron chi connectivity index (χ2n) is 7.46. The first-order valence-corrected chi connectivity index (χ1v) is 10.4. The van der Waals surface area contributed by atoms with E-state index in [0.29, 0.717) is 23.8 Å². The van der Waals surface area contributed by atoms with Crippen molar-refractivity contribution in [3.05, 3.63) is 71.2 Å². The molecule has 2 aromatic heterocycles. The van der Waals surface area contributed by atoms with Crippen LogP contribution >= 0.6 is 0 Å². The van der Waals surface area contributed by atoms with Crippen LogP contribution in [0.3, 0.4) is 0 Å². The van der Waals surface area contributed by atoms with Crippen molar-refractivity contribution >= 4 is 28.6 Å². The molecule has 0 radical (unpaired) electrons. The number of hydrogen-bond acceptors (Lipinski definition) is 6. The van der Waals surface area contributed by atoms with Crippen molar-refractivity contribution < 1.29 is 13.9 Å². The third kappa shape index (κ3) is 4.12. The van der Waals surface area contributed by atoms with Crippen LogP contribution in [-0.2, 0) is 17.8 Å². The van der Waals surface area contributed by atoms with Crippen LogP contribution in [0.4, 0.5) is 0 Å². The molecular formula is C24H25N5O3. The summed E-state index contributed by atoms with van der Waals surface area (Å²) in [4.78, 5) is 15.3. The number of likely N-dealkylation sites (N-methyl/N-ethyl adjacent to an activating group) is 1. The van der Waals surface area contributed by atoms with Gasteiger partial charge in [-0.1, -0.05) is 37.3 Å². The second-order valence-corrected chi connectivity index (χ2v) is 7.46. The summed E-state index contributed by atoms with van der Waals surface area (Å²) in [5.41, 5.74) is 2.98. The third-order valence-corrected chi connectivity index (χ3v) is 5.31. The first-order chi connectivity index (χ1) is 15.5. The van der Waals surface area contributed by atoms with Gasteiger partial charge < -0.3 is 14.1 Å². The first kappa shape index (κ1) is 21.3. The summed E-state index contributed by atoms with van der Waals surface area (Å²) in [7, 11) is 3.37. The Bertz CT molecular complexity index is 1290. The quantitative estimate of drug-likeness (QED) is 0.412. The van der Waals surface area contributed by atoms with E-state index in [2.05, 4.69) is 15.5 Å². The SMILES string of the molecule is CCc1oc2ccccc2c1CN(C)C(=O)/C(=C/c1cccc(OC)c1)n1nnnc1C. The molecule has 0 bridgehead atoms. The van der Waals surface area contributed by atoms with Crippen LogP contribution in [0.2, 0.25) is 0 Å². The van der Waals surface area contributed by atoms with Gasteiger partial charge in [0.2, 0.25) is 0 Å². The van der Waals surface area contributed by atoms with Crippen LogP contribution < -0.4 is 4.74 Å².